The Kier molecular flexibility index (Phi) is 6.43. The average molecular weight is 512 g/mol. The van der Waals surface area contributed by atoms with Crippen LogP contribution in [0, 0.1) is 12.8 Å². The van der Waals surface area contributed by atoms with Gasteiger partial charge < -0.3 is 14.8 Å². The number of aryl methyl sites for hydroxylation is 2. The number of hydrogen-bond donors (Lipinski definition) is 1. The van der Waals surface area contributed by atoms with Gasteiger partial charge in [0.2, 0.25) is 0 Å². The molecule has 1 aliphatic rings. The number of likely N-dealkylation sites (tertiary alicyclic amines) is 1. The minimum Gasteiger partial charge on any atom is -0.343 e. The third-order valence-electron chi connectivity index (χ3n) is 7.22. The largest absolute Gasteiger partial charge is 0.405 e. The first kappa shape index (κ1) is 24.9. The van der Waals surface area contributed by atoms with Crippen molar-refractivity contribution in [3.05, 3.63) is 65.5 Å². The normalized spacial score (nSPS) is 15.0. The fourth-order valence-corrected chi connectivity index (χ4v) is 5.14. The van der Waals surface area contributed by atoms with Gasteiger partial charge in [-0.1, -0.05) is 18.2 Å². The van der Waals surface area contributed by atoms with E-state index in [4.69, 9.17) is 0 Å². The van der Waals surface area contributed by atoms with E-state index in [1.807, 2.05) is 63.0 Å². The van der Waals surface area contributed by atoms with Crippen LogP contribution in [-0.4, -0.2) is 56.9 Å². The quantitative estimate of drug-likeness (QED) is 0.423. The fraction of sp³-hybridized carbons (Fsp3) is 0.370. The van der Waals surface area contributed by atoms with Crippen molar-refractivity contribution in [2.75, 3.05) is 19.6 Å². The standard InChI is InChI=1S/C27H28F3N5O2/c1-17-20(25(36)31-16-27(28,29)30)7-8-22-21(17)15-35(32-22)14-18-9-11-34(12-10-18)26(37)24-13-19-5-3-4-6-23(19)33(24)2/h3-8,13,15,18H,9-12,14,16H2,1-2H3,(H,31,36). The number of alkyl halides is 3. The predicted molar refractivity (Wildman–Crippen MR) is 134 cm³/mol. The molecule has 0 unspecified atom stereocenters. The van der Waals surface area contributed by atoms with Crippen molar-refractivity contribution < 1.29 is 22.8 Å². The summed E-state index contributed by atoms with van der Waals surface area (Å²) in [5.74, 6) is -0.387. The lowest BCUT2D eigenvalue weighted by Crippen LogP contribution is -2.40. The molecule has 2 aromatic carbocycles. The Morgan fingerprint density at radius 1 is 1.11 bits per heavy atom. The van der Waals surface area contributed by atoms with E-state index < -0.39 is 18.6 Å². The van der Waals surface area contributed by atoms with Gasteiger partial charge in [-0.2, -0.15) is 18.3 Å². The van der Waals surface area contributed by atoms with E-state index in [0.717, 1.165) is 29.1 Å². The lowest BCUT2D eigenvalue weighted by Gasteiger charge is -2.32. The second-order valence-corrected chi connectivity index (χ2v) is 9.70. The summed E-state index contributed by atoms with van der Waals surface area (Å²) in [7, 11) is 1.91. The number of carbonyl (C=O) groups is 2. The van der Waals surface area contributed by atoms with Crippen molar-refractivity contribution in [1.82, 2.24) is 24.6 Å². The molecule has 10 heteroatoms. The Balaban J connectivity index is 1.23. The zero-order chi connectivity index (χ0) is 26.3. The minimum atomic E-state index is -4.46. The van der Waals surface area contributed by atoms with Gasteiger partial charge >= 0.3 is 6.18 Å². The second kappa shape index (κ2) is 9.57. The first-order valence-electron chi connectivity index (χ1n) is 12.3. The molecular weight excluding hydrogens is 483 g/mol. The van der Waals surface area contributed by atoms with E-state index in [1.165, 1.54) is 6.07 Å². The Hall–Kier alpha value is -3.82. The monoisotopic (exact) mass is 511 g/mol. The van der Waals surface area contributed by atoms with Crippen molar-refractivity contribution in [2.45, 2.75) is 32.5 Å². The zero-order valence-electron chi connectivity index (χ0n) is 20.7. The Morgan fingerprint density at radius 3 is 2.54 bits per heavy atom. The van der Waals surface area contributed by atoms with Crippen LogP contribution < -0.4 is 5.32 Å². The number of nitrogens with one attached hydrogen (secondary N) is 1. The van der Waals surface area contributed by atoms with Gasteiger partial charge in [0.05, 0.1) is 5.52 Å². The van der Waals surface area contributed by atoms with Crippen LogP contribution in [0.2, 0.25) is 0 Å². The van der Waals surface area contributed by atoms with Crippen LogP contribution in [0.15, 0.2) is 48.7 Å². The molecule has 37 heavy (non-hydrogen) atoms. The molecule has 5 rings (SSSR count). The average Bonchev–Trinajstić information content (AvgIpc) is 3.44. The number of fused-ring (bicyclic) bond motifs is 2. The third-order valence-corrected chi connectivity index (χ3v) is 7.22. The zero-order valence-corrected chi connectivity index (χ0v) is 20.7. The molecule has 1 saturated heterocycles. The molecule has 4 aromatic rings. The van der Waals surface area contributed by atoms with E-state index in [2.05, 4.69) is 5.10 Å². The van der Waals surface area contributed by atoms with E-state index >= 15 is 0 Å². The fourth-order valence-electron chi connectivity index (χ4n) is 5.14. The van der Waals surface area contributed by atoms with E-state index in [-0.39, 0.29) is 11.5 Å². The molecule has 0 aliphatic carbocycles. The van der Waals surface area contributed by atoms with Crippen molar-refractivity contribution in [3.8, 4) is 0 Å². The van der Waals surface area contributed by atoms with Gasteiger partial charge in [0.15, 0.2) is 0 Å². The molecule has 1 N–H and O–H groups in total. The summed E-state index contributed by atoms with van der Waals surface area (Å²) in [5.41, 5.74) is 3.20. The maximum Gasteiger partial charge on any atom is 0.405 e. The van der Waals surface area contributed by atoms with Crippen molar-refractivity contribution in [3.63, 3.8) is 0 Å². The van der Waals surface area contributed by atoms with Crippen LogP contribution in [0.4, 0.5) is 13.2 Å². The molecule has 1 fully saturated rings. The second-order valence-electron chi connectivity index (χ2n) is 9.70. The van der Waals surface area contributed by atoms with Gasteiger partial charge in [0, 0.05) is 54.7 Å². The molecule has 2 aromatic heterocycles. The molecule has 3 heterocycles. The van der Waals surface area contributed by atoms with Crippen molar-refractivity contribution >= 4 is 33.6 Å². The molecule has 7 nitrogen and oxygen atoms in total. The first-order valence-corrected chi connectivity index (χ1v) is 12.3. The summed E-state index contributed by atoms with van der Waals surface area (Å²) < 4.78 is 41.2. The van der Waals surface area contributed by atoms with Crippen LogP contribution in [0.25, 0.3) is 21.8 Å². The predicted octanol–water partition coefficient (Wildman–Crippen LogP) is 4.68. The van der Waals surface area contributed by atoms with E-state index in [9.17, 15) is 22.8 Å². The Labute approximate surface area is 211 Å². The summed E-state index contributed by atoms with van der Waals surface area (Å²) in [6.07, 6.45) is -0.933. The van der Waals surface area contributed by atoms with Gasteiger partial charge in [-0.25, -0.2) is 0 Å². The summed E-state index contributed by atoms with van der Waals surface area (Å²) in [4.78, 5) is 27.4. The van der Waals surface area contributed by atoms with Crippen LogP contribution in [-0.2, 0) is 13.6 Å². The maximum absolute atomic E-state index is 13.2. The summed E-state index contributed by atoms with van der Waals surface area (Å²) >= 11 is 0. The Bertz CT molecular complexity index is 1480. The molecular formula is C27H28F3N5O2. The third kappa shape index (κ3) is 5.05. The van der Waals surface area contributed by atoms with Gasteiger partial charge in [0.1, 0.15) is 12.2 Å². The molecule has 0 bridgehead atoms. The minimum absolute atomic E-state index is 0.0360. The highest BCUT2D eigenvalue weighted by atomic mass is 19.4. The number of amides is 2. The molecule has 0 radical (unpaired) electrons. The highest BCUT2D eigenvalue weighted by Gasteiger charge is 2.29. The summed E-state index contributed by atoms with van der Waals surface area (Å²) in [6.45, 7) is 2.33. The number of hydrogen-bond acceptors (Lipinski definition) is 3. The highest BCUT2D eigenvalue weighted by Crippen LogP contribution is 2.26. The number of nitrogens with zero attached hydrogens (tertiary/aromatic N) is 4. The topological polar surface area (TPSA) is 72.2 Å². The van der Waals surface area contributed by atoms with E-state index in [1.54, 1.807) is 13.0 Å². The van der Waals surface area contributed by atoms with Crippen LogP contribution in [0.5, 0.6) is 0 Å². The number of piperidine rings is 1. The number of para-hydroxylation sites is 1. The lowest BCUT2D eigenvalue weighted by molar-refractivity contribution is -0.123. The molecule has 0 spiro atoms. The maximum atomic E-state index is 13.2. The van der Waals surface area contributed by atoms with Crippen molar-refractivity contribution in [2.24, 2.45) is 13.0 Å². The molecule has 1 aliphatic heterocycles. The first-order chi connectivity index (χ1) is 17.6. The number of carbonyl (C=O) groups excluding carboxylic acids is 2. The number of rotatable bonds is 5. The van der Waals surface area contributed by atoms with Gasteiger partial charge in [-0.3, -0.25) is 14.3 Å². The molecule has 194 valence electrons. The van der Waals surface area contributed by atoms with E-state index in [0.29, 0.717) is 42.3 Å². The van der Waals surface area contributed by atoms with Gasteiger partial charge in [-0.15, -0.1) is 0 Å². The van der Waals surface area contributed by atoms with Gasteiger partial charge in [-0.05, 0) is 55.5 Å². The van der Waals surface area contributed by atoms with Gasteiger partial charge in [0.25, 0.3) is 11.8 Å². The van der Waals surface area contributed by atoms with Crippen LogP contribution in [0.1, 0.15) is 39.3 Å². The number of aromatic nitrogens is 3. The molecule has 2 amide bonds. The molecule has 0 atom stereocenters. The van der Waals surface area contributed by atoms with Crippen LogP contribution in [0.3, 0.4) is 0 Å². The SMILES string of the molecule is Cc1c(C(=O)NCC(F)(F)F)ccc2nn(CC3CCN(C(=O)c4cc5ccccc5n4C)CC3)cc12. The van der Waals surface area contributed by atoms with Crippen molar-refractivity contribution in [1.29, 1.82) is 0 Å². The number of benzene rings is 2. The molecule has 0 saturated carbocycles. The summed E-state index contributed by atoms with van der Waals surface area (Å²) in [5, 5.41) is 8.33. The summed E-state index contributed by atoms with van der Waals surface area (Å²) in [6, 6.07) is 13.1. The Morgan fingerprint density at radius 2 is 1.84 bits per heavy atom. The van der Waals surface area contributed by atoms with Crippen LogP contribution >= 0.6 is 0 Å². The smallest absolute Gasteiger partial charge is 0.343 e. The number of halogens is 3. The lowest BCUT2D eigenvalue weighted by atomic mass is 9.96. The highest BCUT2D eigenvalue weighted by molar-refractivity contribution is 6.00.